The van der Waals surface area contributed by atoms with Gasteiger partial charge in [0.25, 0.3) is 0 Å². The third-order valence-electron chi connectivity index (χ3n) is 3.27. The van der Waals surface area contributed by atoms with Crippen LogP contribution in [0.4, 0.5) is 0 Å². The number of Topliss-reactive ketones (excluding diaryl/α,β-unsaturated/α-hetero) is 1. The average Bonchev–Trinajstić information content (AvgIpc) is 2.53. The van der Waals surface area contributed by atoms with Gasteiger partial charge in [-0.25, -0.2) is 0 Å². The molecule has 3 rings (SSSR count). The third kappa shape index (κ3) is 3.24. The number of fused-ring (bicyclic) bond motifs is 1. The summed E-state index contributed by atoms with van der Waals surface area (Å²) in [5.74, 6) is 0.728. The van der Waals surface area contributed by atoms with E-state index in [9.17, 15) is 4.79 Å². The Bertz CT molecular complexity index is 773. The number of rotatable bonds is 4. The lowest BCUT2D eigenvalue weighted by molar-refractivity contribution is 0.0922. The van der Waals surface area contributed by atoms with Gasteiger partial charge >= 0.3 is 0 Å². The van der Waals surface area contributed by atoms with E-state index in [0.29, 0.717) is 5.56 Å². The van der Waals surface area contributed by atoms with Crippen molar-refractivity contribution in [2.45, 2.75) is 0 Å². The van der Waals surface area contributed by atoms with Gasteiger partial charge in [0.2, 0.25) is 0 Å². The largest absolute Gasteiger partial charge is 0.485 e. The highest BCUT2D eigenvalue weighted by atomic mass is 127. The number of hydrogen-bond donors (Lipinski definition) is 0. The van der Waals surface area contributed by atoms with Gasteiger partial charge in [-0.3, -0.25) is 4.79 Å². The molecule has 0 atom stereocenters. The van der Waals surface area contributed by atoms with Crippen LogP contribution in [0.3, 0.4) is 0 Å². The number of benzene rings is 3. The van der Waals surface area contributed by atoms with E-state index in [1.165, 1.54) is 0 Å². The van der Waals surface area contributed by atoms with Crippen LogP contribution in [0.2, 0.25) is 0 Å². The van der Waals surface area contributed by atoms with Crippen molar-refractivity contribution in [3.63, 3.8) is 0 Å². The van der Waals surface area contributed by atoms with Crippen LogP contribution in [0.1, 0.15) is 10.4 Å². The van der Waals surface area contributed by atoms with Crippen molar-refractivity contribution in [2.75, 3.05) is 6.61 Å². The molecule has 3 aromatic carbocycles. The van der Waals surface area contributed by atoms with E-state index in [1.807, 2.05) is 66.7 Å². The molecule has 3 aromatic rings. The molecule has 0 N–H and O–H groups in total. The minimum atomic E-state index is -0.0145. The second-order valence-corrected chi connectivity index (χ2v) is 5.94. The highest BCUT2D eigenvalue weighted by Crippen LogP contribution is 2.25. The number of carbonyl (C=O) groups excluding carboxylic acids is 1. The van der Waals surface area contributed by atoms with Crippen LogP contribution >= 0.6 is 22.6 Å². The summed E-state index contributed by atoms with van der Waals surface area (Å²) in [5.41, 5.74) is 0.677. The van der Waals surface area contributed by atoms with Crippen LogP contribution in [0.15, 0.2) is 66.7 Å². The molecule has 104 valence electrons. The molecule has 0 saturated heterocycles. The Kier molecular flexibility index (Phi) is 4.20. The maximum absolute atomic E-state index is 12.1. The van der Waals surface area contributed by atoms with Gasteiger partial charge in [-0.15, -0.1) is 0 Å². The fourth-order valence-electron chi connectivity index (χ4n) is 2.18. The maximum atomic E-state index is 12.1. The molecule has 0 aliphatic heterocycles. The van der Waals surface area contributed by atoms with Gasteiger partial charge in [-0.1, -0.05) is 48.5 Å². The highest BCUT2D eigenvalue weighted by molar-refractivity contribution is 14.1. The minimum Gasteiger partial charge on any atom is -0.485 e. The molecule has 0 spiro atoms. The second-order valence-electron chi connectivity index (χ2n) is 4.70. The Balaban J connectivity index is 1.77. The number of halogens is 1. The van der Waals surface area contributed by atoms with Crippen molar-refractivity contribution in [1.82, 2.24) is 0 Å². The second kappa shape index (κ2) is 6.26. The van der Waals surface area contributed by atoms with Crippen LogP contribution in [-0.2, 0) is 0 Å². The first-order valence-corrected chi connectivity index (χ1v) is 7.71. The van der Waals surface area contributed by atoms with Gasteiger partial charge in [0.15, 0.2) is 12.4 Å². The molecule has 0 fully saturated rings. The molecule has 0 aliphatic carbocycles. The quantitative estimate of drug-likeness (QED) is 0.478. The summed E-state index contributed by atoms with van der Waals surface area (Å²) in [5, 5.41) is 2.13. The summed E-state index contributed by atoms with van der Waals surface area (Å²) < 4.78 is 6.82. The number of hydrogen-bond acceptors (Lipinski definition) is 2. The van der Waals surface area contributed by atoms with Crippen LogP contribution < -0.4 is 4.74 Å². The molecule has 0 amide bonds. The van der Waals surface area contributed by atoms with Gasteiger partial charge in [-0.2, -0.15) is 0 Å². The van der Waals surface area contributed by atoms with Crippen LogP contribution in [0.25, 0.3) is 10.8 Å². The van der Waals surface area contributed by atoms with E-state index >= 15 is 0 Å². The number of ketones is 1. The molecular formula is C18H13IO2. The Labute approximate surface area is 136 Å². The van der Waals surface area contributed by atoms with Crippen LogP contribution in [-0.4, -0.2) is 12.4 Å². The van der Waals surface area contributed by atoms with E-state index in [4.69, 9.17) is 4.74 Å². The standard InChI is InChI=1S/C18H13IO2/c19-15-10-8-14(9-11-15)17(20)12-21-18-7-3-5-13-4-1-2-6-16(13)18/h1-11H,12H2. The van der Waals surface area contributed by atoms with Gasteiger partial charge in [0.05, 0.1) is 0 Å². The molecule has 0 heterocycles. The third-order valence-corrected chi connectivity index (χ3v) is 3.99. The van der Waals surface area contributed by atoms with Crippen LogP contribution in [0.5, 0.6) is 5.75 Å². The highest BCUT2D eigenvalue weighted by Gasteiger charge is 2.08. The minimum absolute atomic E-state index is 0.0145. The molecule has 0 radical (unpaired) electrons. The predicted molar refractivity (Wildman–Crippen MR) is 92.9 cm³/mol. The van der Waals surface area contributed by atoms with Crippen molar-refractivity contribution in [3.05, 3.63) is 75.9 Å². The van der Waals surface area contributed by atoms with Crippen molar-refractivity contribution in [2.24, 2.45) is 0 Å². The van der Waals surface area contributed by atoms with Crippen molar-refractivity contribution in [1.29, 1.82) is 0 Å². The first-order chi connectivity index (χ1) is 10.2. The Hall–Kier alpha value is -1.88. The zero-order valence-corrected chi connectivity index (χ0v) is 13.4. The predicted octanol–water partition coefficient (Wildman–Crippen LogP) is 4.71. The molecule has 3 heteroatoms. The first-order valence-electron chi connectivity index (χ1n) is 6.63. The fourth-order valence-corrected chi connectivity index (χ4v) is 2.54. The first kappa shape index (κ1) is 14.1. The van der Waals surface area contributed by atoms with Gasteiger partial charge < -0.3 is 4.74 Å². The lowest BCUT2D eigenvalue weighted by Gasteiger charge is -2.08. The average molecular weight is 388 g/mol. The smallest absolute Gasteiger partial charge is 0.200 e. The molecular weight excluding hydrogens is 375 g/mol. The SMILES string of the molecule is O=C(COc1cccc2ccccc12)c1ccc(I)cc1. The van der Waals surface area contributed by atoms with Crippen molar-refractivity contribution < 1.29 is 9.53 Å². The summed E-state index contributed by atoms with van der Waals surface area (Å²) in [6.07, 6.45) is 0. The van der Waals surface area contributed by atoms with E-state index in [-0.39, 0.29) is 12.4 Å². The normalized spacial score (nSPS) is 10.5. The van der Waals surface area contributed by atoms with Gasteiger partial charge in [-0.05, 0) is 46.2 Å². The van der Waals surface area contributed by atoms with Crippen molar-refractivity contribution in [3.8, 4) is 5.75 Å². The molecule has 2 nitrogen and oxygen atoms in total. The van der Waals surface area contributed by atoms with E-state index in [2.05, 4.69) is 22.6 Å². The topological polar surface area (TPSA) is 26.3 Å². The maximum Gasteiger partial charge on any atom is 0.200 e. The summed E-state index contributed by atoms with van der Waals surface area (Å²) in [7, 11) is 0. The summed E-state index contributed by atoms with van der Waals surface area (Å²) in [6.45, 7) is 0.0502. The number of ether oxygens (including phenoxy) is 1. The Morgan fingerprint density at radius 1 is 0.905 bits per heavy atom. The fraction of sp³-hybridized carbons (Fsp3) is 0.0556. The molecule has 0 unspecified atom stereocenters. The molecule has 0 bridgehead atoms. The van der Waals surface area contributed by atoms with Crippen molar-refractivity contribution >= 4 is 39.1 Å². The lowest BCUT2D eigenvalue weighted by Crippen LogP contribution is -2.11. The Morgan fingerprint density at radius 3 is 2.43 bits per heavy atom. The van der Waals surface area contributed by atoms with E-state index < -0.39 is 0 Å². The lowest BCUT2D eigenvalue weighted by atomic mass is 10.1. The zero-order valence-electron chi connectivity index (χ0n) is 11.3. The van der Waals surface area contributed by atoms with Crippen LogP contribution in [0, 0.1) is 3.57 Å². The zero-order chi connectivity index (χ0) is 14.7. The summed E-state index contributed by atoms with van der Waals surface area (Å²) in [6, 6.07) is 21.4. The summed E-state index contributed by atoms with van der Waals surface area (Å²) >= 11 is 2.22. The van der Waals surface area contributed by atoms with E-state index in [1.54, 1.807) is 0 Å². The molecule has 0 aliphatic rings. The summed E-state index contributed by atoms with van der Waals surface area (Å²) in [4.78, 5) is 12.1. The molecule has 0 aromatic heterocycles. The Morgan fingerprint density at radius 2 is 1.62 bits per heavy atom. The van der Waals surface area contributed by atoms with E-state index in [0.717, 1.165) is 20.1 Å². The molecule has 0 saturated carbocycles. The number of carbonyl (C=O) groups is 1. The van der Waals surface area contributed by atoms with Gasteiger partial charge in [0.1, 0.15) is 5.75 Å². The molecule has 21 heavy (non-hydrogen) atoms. The van der Waals surface area contributed by atoms with Gasteiger partial charge in [0, 0.05) is 14.5 Å². The monoisotopic (exact) mass is 388 g/mol.